The highest BCUT2D eigenvalue weighted by atomic mass is 16.5. The molecule has 1 aromatic carbocycles. The number of ether oxygens (including phenoxy) is 1. The van der Waals surface area contributed by atoms with E-state index < -0.39 is 0 Å². The molecule has 2 aliphatic carbocycles. The molecule has 4 heteroatoms. The van der Waals surface area contributed by atoms with E-state index >= 15 is 0 Å². The number of carbonyl (C=O) groups is 1. The molecule has 1 heterocycles. The summed E-state index contributed by atoms with van der Waals surface area (Å²) in [5.41, 5.74) is 2.24. The molecule has 4 nitrogen and oxygen atoms in total. The van der Waals surface area contributed by atoms with Crippen LogP contribution in [0.15, 0.2) is 36.7 Å². The lowest BCUT2D eigenvalue weighted by molar-refractivity contribution is -0.140. The Kier molecular flexibility index (Phi) is 13.7. The Morgan fingerprint density at radius 1 is 0.683 bits per heavy atom. The molecule has 41 heavy (non-hydrogen) atoms. The molecular formula is C37H56N2O2. The molecule has 4 rings (SSSR count). The van der Waals surface area contributed by atoms with Gasteiger partial charge in [0.15, 0.2) is 5.82 Å². The van der Waals surface area contributed by atoms with Crippen molar-refractivity contribution in [3.8, 4) is 17.1 Å². The van der Waals surface area contributed by atoms with E-state index in [1.807, 2.05) is 36.7 Å². The van der Waals surface area contributed by atoms with E-state index in [-0.39, 0.29) is 11.9 Å². The smallest absolute Gasteiger partial charge is 0.314 e. The molecule has 0 radical (unpaired) electrons. The summed E-state index contributed by atoms with van der Waals surface area (Å²) >= 11 is 0. The van der Waals surface area contributed by atoms with Gasteiger partial charge in [-0.2, -0.15) is 0 Å². The molecule has 0 amide bonds. The van der Waals surface area contributed by atoms with Gasteiger partial charge in [0.05, 0.1) is 5.92 Å². The lowest BCUT2D eigenvalue weighted by atomic mass is 9.77. The average Bonchev–Trinajstić information content (AvgIpc) is 3.02. The summed E-state index contributed by atoms with van der Waals surface area (Å²) in [7, 11) is 0. The van der Waals surface area contributed by atoms with Crippen LogP contribution in [-0.4, -0.2) is 15.9 Å². The Balaban J connectivity index is 1.16. The van der Waals surface area contributed by atoms with Crippen LogP contribution in [0.4, 0.5) is 0 Å². The van der Waals surface area contributed by atoms with Crippen molar-refractivity contribution >= 4 is 5.97 Å². The number of aromatic nitrogens is 2. The van der Waals surface area contributed by atoms with Crippen molar-refractivity contribution in [2.45, 2.75) is 148 Å². The van der Waals surface area contributed by atoms with Crippen molar-refractivity contribution < 1.29 is 9.53 Å². The summed E-state index contributed by atoms with van der Waals surface area (Å²) in [6.45, 7) is 4.55. The van der Waals surface area contributed by atoms with Crippen LogP contribution in [-0.2, 0) is 4.79 Å². The third-order valence-electron chi connectivity index (χ3n) is 9.93. The summed E-state index contributed by atoms with van der Waals surface area (Å²) in [6.07, 6.45) is 30.0. The molecule has 0 saturated heterocycles. The fourth-order valence-corrected chi connectivity index (χ4v) is 7.11. The lowest BCUT2D eigenvalue weighted by Gasteiger charge is -2.28. The van der Waals surface area contributed by atoms with Gasteiger partial charge in [0.2, 0.25) is 0 Å². The van der Waals surface area contributed by atoms with Gasteiger partial charge in [0, 0.05) is 18.0 Å². The Bertz CT molecular complexity index is 987. The zero-order valence-electron chi connectivity index (χ0n) is 26.1. The standard InChI is InChI=1S/C37H56N2O2/c1-3-5-7-9-11-13-29-15-19-31(20-16-29)34-27-38-36(39-28-34)32-23-25-35(26-24-32)41-37(40)33-21-17-30(18-22-33)14-12-10-8-6-4-2/h23-31,33H,3-22H2,1-2H3. The van der Waals surface area contributed by atoms with E-state index in [9.17, 15) is 4.79 Å². The predicted molar refractivity (Wildman–Crippen MR) is 170 cm³/mol. The molecule has 2 aromatic rings. The highest BCUT2D eigenvalue weighted by molar-refractivity contribution is 5.75. The summed E-state index contributed by atoms with van der Waals surface area (Å²) < 4.78 is 5.77. The number of benzene rings is 1. The minimum absolute atomic E-state index is 0.0442. The number of esters is 1. The topological polar surface area (TPSA) is 52.1 Å². The van der Waals surface area contributed by atoms with Gasteiger partial charge < -0.3 is 4.74 Å². The van der Waals surface area contributed by atoms with E-state index in [0.29, 0.717) is 11.7 Å². The quantitative estimate of drug-likeness (QED) is 0.116. The van der Waals surface area contributed by atoms with Gasteiger partial charge in [-0.25, -0.2) is 9.97 Å². The van der Waals surface area contributed by atoms with Gasteiger partial charge in [-0.3, -0.25) is 4.79 Å². The molecule has 0 bridgehead atoms. The van der Waals surface area contributed by atoms with Crippen molar-refractivity contribution in [2.24, 2.45) is 17.8 Å². The first-order valence-electron chi connectivity index (χ1n) is 17.3. The molecule has 1 aromatic heterocycles. The van der Waals surface area contributed by atoms with E-state index in [4.69, 9.17) is 14.7 Å². The maximum atomic E-state index is 12.8. The highest BCUT2D eigenvalue weighted by Gasteiger charge is 2.27. The number of carbonyl (C=O) groups excluding carboxylic acids is 1. The second kappa shape index (κ2) is 17.7. The number of hydrogen-bond donors (Lipinski definition) is 0. The van der Waals surface area contributed by atoms with Crippen molar-refractivity contribution in [3.05, 3.63) is 42.2 Å². The number of nitrogens with zero attached hydrogens (tertiary/aromatic N) is 2. The summed E-state index contributed by atoms with van der Waals surface area (Å²) in [5.74, 6) is 3.65. The van der Waals surface area contributed by atoms with Crippen LogP contribution < -0.4 is 4.74 Å². The van der Waals surface area contributed by atoms with Crippen molar-refractivity contribution in [3.63, 3.8) is 0 Å². The predicted octanol–water partition coefficient (Wildman–Crippen LogP) is 10.9. The summed E-state index contributed by atoms with van der Waals surface area (Å²) in [6, 6.07) is 7.71. The first-order chi connectivity index (χ1) is 20.2. The minimum atomic E-state index is -0.0639. The number of hydrogen-bond acceptors (Lipinski definition) is 4. The van der Waals surface area contributed by atoms with Gasteiger partial charge in [0.1, 0.15) is 5.75 Å². The fourth-order valence-electron chi connectivity index (χ4n) is 7.11. The van der Waals surface area contributed by atoms with Crippen LogP contribution in [0.1, 0.15) is 154 Å². The molecule has 0 spiro atoms. The van der Waals surface area contributed by atoms with Crippen molar-refractivity contribution in [1.82, 2.24) is 9.97 Å². The maximum Gasteiger partial charge on any atom is 0.314 e. The lowest BCUT2D eigenvalue weighted by Crippen LogP contribution is -2.25. The SMILES string of the molecule is CCCCCCCC1CCC(C(=O)Oc2ccc(-c3ncc(C4CCC(CCCCCCC)CC4)cn3)cc2)CC1. The van der Waals surface area contributed by atoms with E-state index in [1.165, 1.54) is 121 Å². The third-order valence-corrected chi connectivity index (χ3v) is 9.93. The first-order valence-corrected chi connectivity index (χ1v) is 17.3. The Labute approximate surface area is 250 Å². The van der Waals surface area contributed by atoms with Crippen LogP contribution in [0, 0.1) is 17.8 Å². The van der Waals surface area contributed by atoms with Crippen molar-refractivity contribution in [2.75, 3.05) is 0 Å². The first kappa shape index (κ1) is 31.7. The molecule has 0 N–H and O–H groups in total. The van der Waals surface area contributed by atoms with Gasteiger partial charge in [0.25, 0.3) is 0 Å². The van der Waals surface area contributed by atoms with Crippen LogP contribution in [0.5, 0.6) is 5.75 Å². The van der Waals surface area contributed by atoms with E-state index in [0.717, 1.165) is 36.1 Å². The highest BCUT2D eigenvalue weighted by Crippen LogP contribution is 2.38. The Morgan fingerprint density at radius 3 is 1.73 bits per heavy atom. The summed E-state index contributed by atoms with van der Waals surface area (Å²) in [4.78, 5) is 22.2. The van der Waals surface area contributed by atoms with Gasteiger partial charge >= 0.3 is 5.97 Å². The molecule has 0 aliphatic heterocycles. The monoisotopic (exact) mass is 560 g/mol. The van der Waals surface area contributed by atoms with E-state index in [2.05, 4.69) is 13.8 Å². The van der Waals surface area contributed by atoms with Crippen LogP contribution >= 0.6 is 0 Å². The van der Waals surface area contributed by atoms with Gasteiger partial charge in [-0.1, -0.05) is 90.9 Å². The fraction of sp³-hybridized carbons (Fsp3) is 0.703. The van der Waals surface area contributed by atoms with Crippen LogP contribution in [0.2, 0.25) is 0 Å². The second-order valence-corrected chi connectivity index (χ2v) is 13.1. The van der Waals surface area contributed by atoms with Crippen LogP contribution in [0.3, 0.4) is 0 Å². The molecule has 2 saturated carbocycles. The largest absolute Gasteiger partial charge is 0.426 e. The molecular weight excluding hydrogens is 504 g/mol. The van der Waals surface area contributed by atoms with Gasteiger partial charge in [-0.15, -0.1) is 0 Å². The molecule has 0 atom stereocenters. The average molecular weight is 561 g/mol. The third kappa shape index (κ3) is 10.5. The second-order valence-electron chi connectivity index (χ2n) is 13.1. The van der Waals surface area contributed by atoms with Crippen LogP contribution in [0.25, 0.3) is 11.4 Å². The normalized spacial score (nSPS) is 22.9. The zero-order valence-corrected chi connectivity index (χ0v) is 26.1. The van der Waals surface area contributed by atoms with E-state index in [1.54, 1.807) is 0 Å². The zero-order chi connectivity index (χ0) is 28.7. The van der Waals surface area contributed by atoms with Crippen molar-refractivity contribution in [1.29, 1.82) is 0 Å². The molecule has 2 aliphatic rings. The Hall–Kier alpha value is -2.23. The molecule has 0 unspecified atom stereocenters. The summed E-state index contributed by atoms with van der Waals surface area (Å²) in [5, 5.41) is 0. The molecule has 2 fully saturated rings. The Morgan fingerprint density at radius 2 is 1.20 bits per heavy atom. The minimum Gasteiger partial charge on any atom is -0.426 e. The number of rotatable bonds is 16. The number of unbranched alkanes of at least 4 members (excludes halogenated alkanes) is 8. The molecule has 226 valence electrons. The van der Waals surface area contributed by atoms with Gasteiger partial charge in [-0.05, 0) is 98.9 Å². The maximum absolute atomic E-state index is 12.8.